The third-order valence-electron chi connectivity index (χ3n) is 11.2. The van der Waals surface area contributed by atoms with Gasteiger partial charge in [-0.3, -0.25) is 19.9 Å². The molecule has 0 aliphatic heterocycles. The smallest absolute Gasteiger partial charge is 0.105 e. The van der Waals surface area contributed by atoms with Gasteiger partial charge in [0.1, 0.15) is 12.2 Å². The van der Waals surface area contributed by atoms with Gasteiger partial charge in [0.05, 0.1) is 22.1 Å². The van der Waals surface area contributed by atoms with Crippen molar-refractivity contribution in [1.29, 1.82) is 0 Å². The number of fused-ring (bicyclic) bond motifs is 6. The van der Waals surface area contributed by atoms with Gasteiger partial charge in [-0.2, -0.15) is 0 Å². The summed E-state index contributed by atoms with van der Waals surface area (Å²) in [6.07, 6.45) is 12.4. The van der Waals surface area contributed by atoms with E-state index >= 15 is 0 Å². The molecule has 4 aromatic heterocycles. The maximum atomic E-state index is 9.23. The van der Waals surface area contributed by atoms with Gasteiger partial charge in [-0.15, -0.1) is 0 Å². The number of nitrogens with zero attached hydrogens (tertiary/aromatic N) is 4. The second-order valence-corrected chi connectivity index (χ2v) is 15.1. The first-order valence-electron chi connectivity index (χ1n) is 20.7. The van der Waals surface area contributed by atoms with Gasteiger partial charge in [0.15, 0.2) is 0 Å². The van der Waals surface area contributed by atoms with Crippen LogP contribution in [0.5, 0.6) is 0 Å². The summed E-state index contributed by atoms with van der Waals surface area (Å²) in [5, 5.41) is 13.7. The van der Waals surface area contributed by atoms with E-state index in [9.17, 15) is 5.11 Å². The molecule has 4 heterocycles. The average molecular weight is 906 g/mol. The van der Waals surface area contributed by atoms with E-state index in [0.29, 0.717) is 0 Å². The number of aliphatic hydroxyl groups is 1. The van der Waals surface area contributed by atoms with Crippen LogP contribution in [0.1, 0.15) is 6.92 Å². The summed E-state index contributed by atoms with van der Waals surface area (Å²) in [6.45, 7) is 1.98. The molecule has 0 bridgehead atoms. The molecule has 0 spiro atoms. The van der Waals surface area contributed by atoms with E-state index in [1.54, 1.807) is 13.2 Å². The normalized spacial score (nSPS) is 14.2. The molecule has 0 amide bonds. The second kappa shape index (κ2) is 19.8. The Morgan fingerprint density at radius 3 is 0.952 bits per heavy atom. The van der Waals surface area contributed by atoms with Crippen molar-refractivity contribution in [2.75, 3.05) is 7.11 Å². The van der Waals surface area contributed by atoms with E-state index in [-0.39, 0.29) is 25.6 Å². The van der Waals surface area contributed by atoms with Crippen LogP contribution in [0.4, 0.5) is 0 Å². The van der Waals surface area contributed by atoms with Gasteiger partial charge in [0.25, 0.3) is 0 Å². The molecule has 1 aliphatic carbocycles. The maximum absolute atomic E-state index is 9.23. The van der Waals surface area contributed by atoms with Gasteiger partial charge in [-0.05, 0) is 75.7 Å². The van der Waals surface area contributed by atoms with Crippen molar-refractivity contribution >= 4 is 43.6 Å². The van der Waals surface area contributed by atoms with Crippen molar-refractivity contribution in [2.24, 2.45) is 0 Å². The number of hydrogen-bond donors (Lipinski definition) is 1. The molecule has 6 aromatic carbocycles. The van der Waals surface area contributed by atoms with E-state index in [0.717, 1.165) is 49.2 Å². The van der Waals surface area contributed by atoms with Crippen LogP contribution in [0.15, 0.2) is 218 Å². The van der Waals surface area contributed by atoms with Crippen LogP contribution in [0.2, 0.25) is 0 Å². The summed E-state index contributed by atoms with van der Waals surface area (Å²) in [4.78, 5) is 18.7. The Morgan fingerprint density at radius 1 is 0.413 bits per heavy atom. The largest absolute Gasteiger partial charge is 0.386 e. The summed E-state index contributed by atoms with van der Waals surface area (Å²) in [6, 6.07) is 58.7. The summed E-state index contributed by atoms with van der Waals surface area (Å²) in [7, 11) is 1.59. The van der Waals surface area contributed by atoms with E-state index in [4.69, 9.17) is 4.74 Å². The average Bonchev–Trinajstić information content (AvgIpc) is 3.35. The van der Waals surface area contributed by atoms with Crippen LogP contribution in [-0.2, 0) is 24.2 Å². The quantitative estimate of drug-likeness (QED) is 0.137. The summed E-state index contributed by atoms with van der Waals surface area (Å²) < 4.78 is 5.00. The molecule has 0 saturated carbocycles. The summed E-state index contributed by atoms with van der Waals surface area (Å²) in [5.41, 5.74) is 14.4. The molecule has 11 rings (SSSR count). The molecule has 0 fully saturated rings. The van der Waals surface area contributed by atoms with Crippen LogP contribution in [0.3, 0.4) is 0 Å². The predicted octanol–water partition coefficient (Wildman–Crippen LogP) is 13.1. The van der Waals surface area contributed by atoms with Crippen molar-refractivity contribution < 1.29 is 29.3 Å². The van der Waals surface area contributed by atoms with Crippen LogP contribution in [0, 0.1) is 0 Å². The van der Waals surface area contributed by atoms with Gasteiger partial charge >= 0.3 is 0 Å². The summed E-state index contributed by atoms with van der Waals surface area (Å²) in [5.74, 6) is 0. The van der Waals surface area contributed by atoms with Gasteiger partial charge < -0.3 is 9.84 Å². The number of aromatic nitrogens is 4. The van der Waals surface area contributed by atoms with Crippen LogP contribution in [0.25, 0.3) is 88.1 Å². The van der Waals surface area contributed by atoms with Crippen molar-refractivity contribution in [2.45, 2.75) is 19.1 Å². The summed E-state index contributed by atoms with van der Waals surface area (Å²) >= 11 is 0. The van der Waals surface area contributed by atoms with Gasteiger partial charge in [-0.1, -0.05) is 169 Å². The molecule has 0 radical (unpaired) electrons. The fourth-order valence-corrected chi connectivity index (χ4v) is 8.11. The first kappa shape index (κ1) is 42.7. The van der Waals surface area contributed by atoms with Gasteiger partial charge in [0, 0.05) is 72.9 Å². The first-order chi connectivity index (χ1) is 30.6. The Labute approximate surface area is 380 Å². The third-order valence-corrected chi connectivity index (χ3v) is 11.2. The van der Waals surface area contributed by atoms with Crippen LogP contribution >= 0.6 is 0 Å². The molecule has 10 aromatic rings. The minimum absolute atomic E-state index is 0. The van der Waals surface area contributed by atoms with E-state index < -0.39 is 6.10 Å². The molecular formula is C56H44N4O2Ru. The first-order valence-corrected chi connectivity index (χ1v) is 20.7. The minimum Gasteiger partial charge on any atom is -0.386 e. The van der Waals surface area contributed by atoms with E-state index in [1.807, 2.05) is 68.1 Å². The monoisotopic (exact) mass is 906 g/mol. The molecule has 6 nitrogen and oxygen atoms in total. The Hall–Kier alpha value is -7.02. The van der Waals surface area contributed by atoms with Crippen LogP contribution in [-0.4, -0.2) is 44.4 Å². The van der Waals surface area contributed by atoms with Crippen molar-refractivity contribution in [3.63, 3.8) is 0 Å². The third kappa shape index (κ3) is 9.14. The van der Waals surface area contributed by atoms with Gasteiger partial charge in [0.2, 0.25) is 0 Å². The molecule has 1 N–H and O–H groups in total. The van der Waals surface area contributed by atoms with Crippen molar-refractivity contribution in [1.82, 2.24) is 19.9 Å². The number of rotatable bonds is 5. The number of allylic oxidation sites excluding steroid dienone is 2. The number of pyridine rings is 4. The zero-order valence-electron chi connectivity index (χ0n) is 34.9. The van der Waals surface area contributed by atoms with E-state index in [1.165, 1.54) is 44.5 Å². The van der Waals surface area contributed by atoms with E-state index in [2.05, 4.69) is 166 Å². The van der Waals surface area contributed by atoms with Crippen molar-refractivity contribution in [3.05, 3.63) is 218 Å². The number of methoxy groups -OCH3 is 1. The molecular weight excluding hydrogens is 862 g/mol. The standard InChI is InChI=1S/2C24H16N2.C8H12O2.Ru/c2*1-3-7-17(8-4-1)19-13-15-25-23-21(19)11-12-22-20(14-16-26-24(22)23)18-9-5-2-6-10-18;1-6-3-4-7(9)8(5-6)10-2;/h2*1-16H;3-5,7-9H,1-2H3;. The molecule has 2 atom stereocenters. The predicted molar refractivity (Wildman–Crippen MR) is 256 cm³/mol. The Morgan fingerprint density at radius 2 is 0.698 bits per heavy atom. The van der Waals surface area contributed by atoms with Crippen molar-refractivity contribution in [3.8, 4) is 44.5 Å². The SMILES string of the molecule is COC1C=C(C)C=CC1O.[Ru].c1ccc(-c2ccnc3c2ccc2c(-c4ccccc4)ccnc23)cc1.c1ccc(-c2ccnc3c2ccc2c(-c4ccccc4)ccnc23)cc1. The number of ether oxygens (including phenoxy) is 1. The Balaban J connectivity index is 0.000000141. The second-order valence-electron chi connectivity index (χ2n) is 15.1. The number of hydrogen-bond acceptors (Lipinski definition) is 6. The molecule has 63 heavy (non-hydrogen) atoms. The molecule has 0 saturated heterocycles. The zero-order chi connectivity index (χ0) is 42.3. The topological polar surface area (TPSA) is 81.0 Å². The maximum Gasteiger partial charge on any atom is 0.105 e. The zero-order valence-corrected chi connectivity index (χ0v) is 36.6. The van der Waals surface area contributed by atoms with Crippen LogP contribution < -0.4 is 0 Å². The number of benzene rings is 6. The molecule has 7 heteroatoms. The minimum atomic E-state index is -0.478. The molecule has 1 aliphatic rings. The molecule has 308 valence electrons. The Kier molecular flexibility index (Phi) is 13.4. The fourth-order valence-electron chi connectivity index (χ4n) is 8.11. The Bertz CT molecular complexity index is 2800. The number of aliphatic hydroxyl groups excluding tert-OH is 1. The molecule has 2 unspecified atom stereocenters. The van der Waals surface area contributed by atoms with Gasteiger partial charge in [-0.25, -0.2) is 0 Å². The fraction of sp³-hybridized carbons (Fsp3) is 0.0714.